The highest BCUT2D eigenvalue weighted by molar-refractivity contribution is 5.46. The fraction of sp³-hybridized carbons (Fsp3) is 0.583. The van der Waals surface area contributed by atoms with Crippen molar-refractivity contribution in [1.29, 1.82) is 0 Å². The van der Waals surface area contributed by atoms with Gasteiger partial charge in [0.15, 0.2) is 0 Å². The Morgan fingerprint density at radius 1 is 1.58 bits per heavy atom. The molecule has 0 saturated carbocycles. The van der Waals surface area contributed by atoms with Crippen molar-refractivity contribution in [1.82, 2.24) is 9.88 Å². The summed E-state index contributed by atoms with van der Waals surface area (Å²) < 4.78 is 5.51. The molecule has 1 aliphatic heterocycles. The summed E-state index contributed by atoms with van der Waals surface area (Å²) in [6.45, 7) is 1.42. The van der Waals surface area contributed by atoms with Gasteiger partial charge >= 0.3 is 5.69 Å². The summed E-state index contributed by atoms with van der Waals surface area (Å²) in [5.74, 6) is 0.224. The van der Waals surface area contributed by atoms with Crippen LogP contribution in [0.25, 0.3) is 0 Å². The van der Waals surface area contributed by atoms with Crippen molar-refractivity contribution < 1.29 is 9.66 Å². The van der Waals surface area contributed by atoms with E-state index in [0.29, 0.717) is 6.61 Å². The van der Waals surface area contributed by atoms with Gasteiger partial charge in [-0.2, -0.15) is 4.98 Å². The summed E-state index contributed by atoms with van der Waals surface area (Å²) >= 11 is 0. The number of piperidine rings is 1. The number of rotatable bonds is 4. The third-order valence-electron chi connectivity index (χ3n) is 3.39. The van der Waals surface area contributed by atoms with E-state index < -0.39 is 4.92 Å². The summed E-state index contributed by atoms with van der Waals surface area (Å²) in [6.07, 6.45) is 3.38. The second kappa shape index (κ2) is 5.83. The molecule has 1 aliphatic rings. The van der Waals surface area contributed by atoms with Gasteiger partial charge < -0.3 is 15.4 Å². The van der Waals surface area contributed by atoms with Crippen LogP contribution in [0.15, 0.2) is 12.1 Å². The van der Waals surface area contributed by atoms with Crippen LogP contribution in [-0.4, -0.2) is 41.0 Å². The number of likely N-dealkylation sites (tertiary alicyclic amines) is 1. The standard InChI is InChI=1S/C12H18N4O3/c1-15-7-3-2-4-9(15)8-19-12-10(16(17)18)5-6-11(13)14-12/h5-6,9H,2-4,7-8H2,1H3,(H2,13,14). The van der Waals surface area contributed by atoms with Gasteiger partial charge in [0.1, 0.15) is 12.4 Å². The number of pyridine rings is 1. The zero-order valence-electron chi connectivity index (χ0n) is 10.9. The minimum absolute atomic E-state index is 0.00368. The number of aromatic nitrogens is 1. The lowest BCUT2D eigenvalue weighted by molar-refractivity contribution is -0.386. The van der Waals surface area contributed by atoms with Crippen LogP contribution in [0.4, 0.5) is 11.5 Å². The maximum atomic E-state index is 10.9. The molecule has 0 aromatic carbocycles. The molecular formula is C12H18N4O3. The van der Waals surface area contributed by atoms with E-state index in [4.69, 9.17) is 10.5 Å². The number of nitrogens with two attached hydrogens (primary N) is 1. The average Bonchev–Trinajstić information content (AvgIpc) is 2.37. The van der Waals surface area contributed by atoms with E-state index in [2.05, 4.69) is 9.88 Å². The van der Waals surface area contributed by atoms with Gasteiger partial charge in [-0.15, -0.1) is 0 Å². The topological polar surface area (TPSA) is 94.5 Å². The van der Waals surface area contributed by atoms with Crippen molar-refractivity contribution in [3.63, 3.8) is 0 Å². The molecule has 7 nitrogen and oxygen atoms in total. The van der Waals surface area contributed by atoms with Crippen LogP contribution in [-0.2, 0) is 0 Å². The van der Waals surface area contributed by atoms with Crippen LogP contribution in [0.3, 0.4) is 0 Å². The van der Waals surface area contributed by atoms with Crippen molar-refractivity contribution >= 4 is 11.5 Å². The molecule has 0 aliphatic carbocycles. The minimum atomic E-state index is -0.508. The molecule has 0 bridgehead atoms. The molecule has 0 amide bonds. The smallest absolute Gasteiger partial charge is 0.331 e. The second-order valence-electron chi connectivity index (χ2n) is 4.76. The van der Waals surface area contributed by atoms with Crippen molar-refractivity contribution in [2.24, 2.45) is 0 Å². The summed E-state index contributed by atoms with van der Waals surface area (Å²) in [6, 6.07) is 3.00. The van der Waals surface area contributed by atoms with Crippen LogP contribution >= 0.6 is 0 Å². The molecule has 104 valence electrons. The van der Waals surface area contributed by atoms with Gasteiger partial charge in [0, 0.05) is 12.1 Å². The van der Waals surface area contributed by atoms with E-state index in [9.17, 15) is 10.1 Å². The first-order valence-electron chi connectivity index (χ1n) is 6.32. The molecule has 1 unspecified atom stereocenters. The quantitative estimate of drug-likeness (QED) is 0.654. The third-order valence-corrected chi connectivity index (χ3v) is 3.39. The van der Waals surface area contributed by atoms with E-state index in [-0.39, 0.29) is 23.4 Å². The number of anilines is 1. The largest absolute Gasteiger partial charge is 0.471 e. The molecule has 2 heterocycles. The van der Waals surface area contributed by atoms with Crippen LogP contribution in [0, 0.1) is 10.1 Å². The van der Waals surface area contributed by atoms with E-state index in [1.165, 1.54) is 18.6 Å². The lowest BCUT2D eigenvalue weighted by atomic mass is 10.0. The Bertz CT molecular complexity index is 466. The monoisotopic (exact) mass is 266 g/mol. The zero-order valence-corrected chi connectivity index (χ0v) is 10.9. The maximum absolute atomic E-state index is 10.9. The molecule has 1 fully saturated rings. The summed E-state index contributed by atoms with van der Waals surface area (Å²) in [7, 11) is 2.04. The Balaban J connectivity index is 2.05. The molecule has 7 heteroatoms. The van der Waals surface area contributed by atoms with Crippen LogP contribution < -0.4 is 10.5 Å². The fourth-order valence-electron chi connectivity index (χ4n) is 2.22. The minimum Gasteiger partial charge on any atom is -0.471 e. The average molecular weight is 266 g/mol. The molecule has 1 atom stereocenters. The predicted octanol–water partition coefficient (Wildman–Crippen LogP) is 1.44. The third kappa shape index (κ3) is 3.31. The number of hydrogen-bond donors (Lipinski definition) is 1. The van der Waals surface area contributed by atoms with Crippen LogP contribution in [0.1, 0.15) is 19.3 Å². The number of ether oxygens (including phenoxy) is 1. The first-order valence-corrected chi connectivity index (χ1v) is 6.32. The zero-order chi connectivity index (χ0) is 13.8. The highest BCUT2D eigenvalue weighted by Gasteiger charge is 2.22. The van der Waals surface area contributed by atoms with Gasteiger partial charge in [-0.25, -0.2) is 0 Å². The normalized spacial score (nSPS) is 20.2. The van der Waals surface area contributed by atoms with E-state index >= 15 is 0 Å². The van der Waals surface area contributed by atoms with Crippen LogP contribution in [0.2, 0.25) is 0 Å². The number of nitrogens with zero attached hydrogens (tertiary/aromatic N) is 3. The van der Waals surface area contributed by atoms with E-state index in [0.717, 1.165) is 19.4 Å². The Kier molecular flexibility index (Phi) is 4.16. The lowest BCUT2D eigenvalue weighted by Crippen LogP contribution is -2.40. The van der Waals surface area contributed by atoms with Crippen LogP contribution in [0.5, 0.6) is 5.88 Å². The summed E-state index contributed by atoms with van der Waals surface area (Å²) in [5.41, 5.74) is 5.39. The first kappa shape index (κ1) is 13.5. The number of likely N-dealkylation sites (N-methyl/N-ethyl adjacent to an activating group) is 1. The van der Waals surface area contributed by atoms with E-state index in [1.54, 1.807) is 0 Å². The lowest BCUT2D eigenvalue weighted by Gasteiger charge is -2.31. The summed E-state index contributed by atoms with van der Waals surface area (Å²) in [5, 5.41) is 10.9. The fourth-order valence-corrected chi connectivity index (χ4v) is 2.22. The molecule has 1 aromatic heterocycles. The van der Waals surface area contributed by atoms with Crippen molar-refractivity contribution in [3.05, 3.63) is 22.2 Å². The van der Waals surface area contributed by atoms with Gasteiger partial charge in [-0.1, -0.05) is 6.42 Å². The number of hydrogen-bond acceptors (Lipinski definition) is 6. The van der Waals surface area contributed by atoms with E-state index in [1.807, 2.05) is 7.05 Å². The highest BCUT2D eigenvalue weighted by atomic mass is 16.6. The van der Waals surface area contributed by atoms with Gasteiger partial charge in [0.05, 0.1) is 4.92 Å². The van der Waals surface area contributed by atoms with Gasteiger partial charge in [0.25, 0.3) is 5.88 Å². The van der Waals surface area contributed by atoms with Crippen molar-refractivity contribution in [2.45, 2.75) is 25.3 Å². The number of nitrogen functional groups attached to an aromatic ring is 1. The Morgan fingerprint density at radius 3 is 3.05 bits per heavy atom. The molecule has 1 saturated heterocycles. The van der Waals surface area contributed by atoms with Gasteiger partial charge in [-0.05, 0) is 32.5 Å². The summed E-state index contributed by atoms with van der Waals surface area (Å²) in [4.78, 5) is 16.5. The Hall–Kier alpha value is -1.89. The molecule has 0 radical (unpaired) electrons. The van der Waals surface area contributed by atoms with Crippen molar-refractivity contribution in [3.8, 4) is 5.88 Å². The SMILES string of the molecule is CN1CCCCC1COc1nc(N)ccc1[N+](=O)[O-]. The Labute approximate surface area is 111 Å². The number of nitro groups is 1. The van der Waals surface area contributed by atoms with Gasteiger partial charge in [0.2, 0.25) is 0 Å². The second-order valence-corrected chi connectivity index (χ2v) is 4.76. The Morgan fingerprint density at radius 2 is 2.37 bits per heavy atom. The highest BCUT2D eigenvalue weighted by Crippen LogP contribution is 2.26. The molecule has 2 rings (SSSR count). The molecule has 0 spiro atoms. The molecular weight excluding hydrogens is 248 g/mol. The van der Waals surface area contributed by atoms with Crippen molar-refractivity contribution in [2.75, 3.05) is 25.9 Å². The first-order chi connectivity index (χ1) is 9.08. The molecule has 19 heavy (non-hydrogen) atoms. The predicted molar refractivity (Wildman–Crippen MR) is 71.1 cm³/mol. The maximum Gasteiger partial charge on any atom is 0.331 e. The molecule has 1 aromatic rings. The molecule has 2 N–H and O–H groups in total. The van der Waals surface area contributed by atoms with Gasteiger partial charge in [-0.3, -0.25) is 10.1 Å².